The van der Waals surface area contributed by atoms with Crippen molar-refractivity contribution in [3.63, 3.8) is 0 Å². The average molecular weight is 731 g/mol. The van der Waals surface area contributed by atoms with Crippen molar-refractivity contribution in [3.8, 4) is 0 Å². The molecule has 2 fully saturated rings. The van der Waals surface area contributed by atoms with Crippen LogP contribution >= 0.6 is 0 Å². The molecule has 2 saturated heterocycles. The van der Waals surface area contributed by atoms with E-state index in [1.807, 2.05) is 0 Å². The highest BCUT2D eigenvalue weighted by molar-refractivity contribution is 4.71. The van der Waals surface area contributed by atoms with Gasteiger partial charge in [-0.1, -0.05) is 219 Å². The number of hydrogen-bond donors (Lipinski definition) is 1. The summed E-state index contributed by atoms with van der Waals surface area (Å²) in [4.78, 5) is 8.48. The molecule has 52 heavy (non-hydrogen) atoms. The second-order valence-corrected chi connectivity index (χ2v) is 17.6. The summed E-state index contributed by atoms with van der Waals surface area (Å²) in [5, 5.41) is 3.56. The zero-order valence-corrected chi connectivity index (χ0v) is 36.1. The molecule has 0 amide bonds. The Morgan fingerprint density at radius 3 is 0.962 bits per heavy atom. The molecule has 0 spiro atoms. The summed E-state index contributed by atoms with van der Waals surface area (Å²) in [5.41, 5.74) is 0. The first-order chi connectivity index (χ1) is 25.9. The van der Waals surface area contributed by atoms with Gasteiger partial charge in [-0.15, -0.1) is 0 Å². The fourth-order valence-electron chi connectivity index (χ4n) is 8.91. The summed E-state index contributed by atoms with van der Waals surface area (Å²) >= 11 is 0. The first kappa shape index (κ1) is 48.0. The van der Waals surface area contributed by atoms with Crippen LogP contribution in [0.4, 0.5) is 0 Å². The molecule has 310 valence electrons. The van der Waals surface area contributed by atoms with Crippen LogP contribution in [0.15, 0.2) is 0 Å². The molecular weight excluding hydrogens is 633 g/mol. The maximum atomic E-state index is 3.56. The summed E-state index contributed by atoms with van der Waals surface area (Å²) in [7, 11) is 0. The highest BCUT2D eigenvalue weighted by atomic mass is 15.2. The highest BCUT2D eigenvalue weighted by Crippen LogP contribution is 2.17. The van der Waals surface area contributed by atoms with Crippen LogP contribution < -0.4 is 5.32 Å². The van der Waals surface area contributed by atoms with Gasteiger partial charge in [-0.05, 0) is 38.9 Å². The number of nitrogens with zero attached hydrogens (tertiary/aromatic N) is 3. The molecule has 0 aromatic heterocycles. The summed E-state index contributed by atoms with van der Waals surface area (Å²) < 4.78 is 0. The number of hydrogen-bond acceptors (Lipinski definition) is 4. The number of piperazine rings is 1. The van der Waals surface area contributed by atoms with Gasteiger partial charge in [0.15, 0.2) is 0 Å². The number of nitrogens with one attached hydrogen (secondary N) is 1. The Morgan fingerprint density at radius 1 is 0.327 bits per heavy atom. The van der Waals surface area contributed by atoms with Crippen LogP contribution in [0.3, 0.4) is 0 Å². The van der Waals surface area contributed by atoms with Gasteiger partial charge in [0.1, 0.15) is 0 Å². The van der Waals surface area contributed by atoms with Crippen LogP contribution in [0.5, 0.6) is 0 Å². The van der Waals surface area contributed by atoms with Crippen molar-refractivity contribution in [1.29, 1.82) is 0 Å². The SMILES string of the molecule is CCCCCCCCCCCCCCN(CCN1CCCCCCCCCCCCCCCCCCCCCCCCCC1)CCN1CCNCC1. The van der Waals surface area contributed by atoms with E-state index in [1.54, 1.807) is 0 Å². The van der Waals surface area contributed by atoms with Crippen LogP contribution in [0.2, 0.25) is 0 Å². The van der Waals surface area contributed by atoms with E-state index in [0.717, 1.165) is 0 Å². The van der Waals surface area contributed by atoms with E-state index in [0.29, 0.717) is 0 Å². The van der Waals surface area contributed by atoms with Crippen molar-refractivity contribution in [2.24, 2.45) is 0 Å². The lowest BCUT2D eigenvalue weighted by molar-refractivity contribution is 0.163. The third-order valence-electron chi connectivity index (χ3n) is 12.7. The molecule has 0 unspecified atom stereocenters. The van der Waals surface area contributed by atoms with E-state index in [2.05, 4.69) is 26.9 Å². The van der Waals surface area contributed by atoms with Gasteiger partial charge in [-0.3, -0.25) is 4.90 Å². The molecule has 2 heterocycles. The zero-order valence-electron chi connectivity index (χ0n) is 36.1. The quantitative estimate of drug-likeness (QED) is 0.134. The maximum absolute atomic E-state index is 3.56. The van der Waals surface area contributed by atoms with Crippen LogP contribution in [0.1, 0.15) is 238 Å². The minimum atomic E-state index is 1.17. The predicted octanol–water partition coefficient (Wildman–Crippen LogP) is 13.6. The maximum Gasteiger partial charge on any atom is 0.0110 e. The summed E-state index contributed by atoms with van der Waals surface area (Å²) in [6.07, 6.45) is 52.7. The molecule has 2 aliphatic heterocycles. The Bertz CT molecular complexity index is 651. The van der Waals surface area contributed by atoms with Crippen molar-refractivity contribution < 1.29 is 0 Å². The lowest BCUT2D eigenvalue weighted by Gasteiger charge is -2.32. The molecule has 1 N–H and O–H groups in total. The average Bonchev–Trinajstić information content (AvgIpc) is 3.16. The van der Waals surface area contributed by atoms with Gasteiger partial charge in [0, 0.05) is 52.4 Å². The molecule has 0 atom stereocenters. The second kappa shape index (κ2) is 39.1. The zero-order chi connectivity index (χ0) is 36.7. The Labute approximate surface area is 329 Å². The molecular formula is C48H98N4. The van der Waals surface area contributed by atoms with E-state index in [4.69, 9.17) is 0 Å². The van der Waals surface area contributed by atoms with Gasteiger partial charge >= 0.3 is 0 Å². The Hall–Kier alpha value is -0.160. The predicted molar refractivity (Wildman–Crippen MR) is 234 cm³/mol. The van der Waals surface area contributed by atoms with Crippen molar-refractivity contribution in [3.05, 3.63) is 0 Å². The molecule has 4 heteroatoms. The van der Waals surface area contributed by atoms with Crippen molar-refractivity contribution in [1.82, 2.24) is 20.0 Å². The van der Waals surface area contributed by atoms with Crippen molar-refractivity contribution in [2.45, 2.75) is 238 Å². The monoisotopic (exact) mass is 731 g/mol. The van der Waals surface area contributed by atoms with Crippen LogP contribution in [-0.2, 0) is 0 Å². The van der Waals surface area contributed by atoms with E-state index in [9.17, 15) is 0 Å². The van der Waals surface area contributed by atoms with Gasteiger partial charge in [0.2, 0.25) is 0 Å². The smallest absolute Gasteiger partial charge is 0.0110 e. The fraction of sp³-hybridized carbons (Fsp3) is 1.00. The van der Waals surface area contributed by atoms with Crippen LogP contribution in [0.25, 0.3) is 0 Å². The topological polar surface area (TPSA) is 21.8 Å². The van der Waals surface area contributed by atoms with E-state index in [-0.39, 0.29) is 0 Å². The Balaban J connectivity index is 1.73. The van der Waals surface area contributed by atoms with E-state index < -0.39 is 0 Å². The Morgan fingerprint density at radius 2 is 0.615 bits per heavy atom. The standard InChI is InChI=1S/C48H98N4/c1-2-3-4-5-6-7-8-23-28-31-34-37-42-51(47-48-52-43-38-49-39-44-52)46-45-50-40-35-32-29-26-24-21-19-17-15-13-11-9-10-12-14-16-18-20-22-25-27-30-33-36-41-50/h49H,2-48H2,1H3. The largest absolute Gasteiger partial charge is 0.314 e. The third-order valence-corrected chi connectivity index (χ3v) is 12.7. The van der Waals surface area contributed by atoms with Crippen molar-refractivity contribution in [2.75, 3.05) is 72.0 Å². The van der Waals surface area contributed by atoms with Crippen LogP contribution in [-0.4, -0.2) is 86.7 Å². The van der Waals surface area contributed by atoms with E-state index in [1.165, 1.54) is 303 Å². The first-order valence-electron chi connectivity index (χ1n) is 24.8. The lowest BCUT2D eigenvalue weighted by Crippen LogP contribution is -2.47. The van der Waals surface area contributed by atoms with Crippen LogP contribution in [0, 0.1) is 0 Å². The summed E-state index contributed by atoms with van der Waals surface area (Å²) in [6.45, 7) is 16.2. The normalized spacial score (nSPS) is 20.9. The van der Waals surface area contributed by atoms with Gasteiger partial charge < -0.3 is 15.1 Å². The molecule has 0 bridgehead atoms. The molecule has 0 aliphatic carbocycles. The molecule has 0 saturated carbocycles. The summed E-state index contributed by atoms with van der Waals surface area (Å²) in [5.74, 6) is 0. The minimum Gasteiger partial charge on any atom is -0.314 e. The second-order valence-electron chi connectivity index (χ2n) is 17.6. The number of rotatable bonds is 19. The Kier molecular flexibility index (Phi) is 36.1. The fourth-order valence-corrected chi connectivity index (χ4v) is 8.91. The molecule has 2 rings (SSSR count). The van der Waals surface area contributed by atoms with E-state index >= 15 is 0 Å². The van der Waals surface area contributed by atoms with Gasteiger partial charge in [-0.25, -0.2) is 0 Å². The van der Waals surface area contributed by atoms with Gasteiger partial charge in [-0.2, -0.15) is 0 Å². The lowest BCUT2D eigenvalue weighted by atomic mass is 10.0. The molecule has 0 aromatic carbocycles. The molecule has 0 radical (unpaired) electrons. The van der Waals surface area contributed by atoms with Crippen molar-refractivity contribution >= 4 is 0 Å². The molecule has 4 nitrogen and oxygen atoms in total. The summed E-state index contributed by atoms with van der Waals surface area (Å²) in [6, 6.07) is 0. The van der Waals surface area contributed by atoms with Gasteiger partial charge in [0.05, 0.1) is 0 Å². The molecule has 2 aliphatic rings. The number of unbranched alkanes of at least 4 members (excludes halogenated alkanes) is 11. The van der Waals surface area contributed by atoms with Gasteiger partial charge in [0.25, 0.3) is 0 Å². The molecule has 0 aromatic rings. The minimum absolute atomic E-state index is 1.17. The third kappa shape index (κ3) is 32.1. The highest BCUT2D eigenvalue weighted by Gasteiger charge is 2.14. The first-order valence-corrected chi connectivity index (χ1v) is 24.8.